The van der Waals surface area contributed by atoms with Crippen LogP contribution in [0.25, 0.3) is 0 Å². The van der Waals surface area contributed by atoms with Gasteiger partial charge in [-0.25, -0.2) is 4.39 Å². The number of hydrogen-bond acceptors (Lipinski definition) is 2. The molecule has 0 aliphatic heterocycles. The van der Waals surface area contributed by atoms with Crippen molar-refractivity contribution in [1.82, 2.24) is 5.32 Å². The van der Waals surface area contributed by atoms with Crippen molar-refractivity contribution in [3.63, 3.8) is 0 Å². The van der Waals surface area contributed by atoms with Gasteiger partial charge in [0.15, 0.2) is 0 Å². The van der Waals surface area contributed by atoms with Gasteiger partial charge in [-0.2, -0.15) is 0 Å². The fourth-order valence-electron chi connectivity index (χ4n) is 2.34. The van der Waals surface area contributed by atoms with Crippen LogP contribution in [0.1, 0.15) is 31.0 Å². The first-order chi connectivity index (χ1) is 9.54. The van der Waals surface area contributed by atoms with Crippen LogP contribution in [0.15, 0.2) is 48.5 Å². The van der Waals surface area contributed by atoms with E-state index in [2.05, 4.69) is 12.2 Å². The Morgan fingerprint density at radius 3 is 2.45 bits per heavy atom. The van der Waals surface area contributed by atoms with Crippen molar-refractivity contribution in [3.05, 3.63) is 65.5 Å². The Labute approximate surface area is 119 Å². The minimum Gasteiger partial charge on any atom is -0.508 e. The van der Waals surface area contributed by atoms with E-state index in [0.717, 1.165) is 17.5 Å². The van der Waals surface area contributed by atoms with Crippen molar-refractivity contribution in [2.75, 3.05) is 0 Å². The standard InChI is InChI=1S/C17H20FNO/c1-12(10-14-6-8-17(20)9-7-14)19-13(2)15-4-3-5-16(18)11-15/h3-9,11-13,19-20H,10H2,1-2H3/t12?,13-/m1/s1. The van der Waals surface area contributed by atoms with Gasteiger partial charge >= 0.3 is 0 Å². The Morgan fingerprint density at radius 2 is 1.80 bits per heavy atom. The fourth-order valence-corrected chi connectivity index (χ4v) is 2.34. The molecular weight excluding hydrogens is 253 g/mol. The quantitative estimate of drug-likeness (QED) is 0.868. The topological polar surface area (TPSA) is 32.3 Å². The van der Waals surface area contributed by atoms with Crippen molar-refractivity contribution in [1.29, 1.82) is 0 Å². The summed E-state index contributed by atoms with van der Waals surface area (Å²) >= 11 is 0. The second-order valence-electron chi connectivity index (χ2n) is 5.21. The van der Waals surface area contributed by atoms with Crippen molar-refractivity contribution in [2.24, 2.45) is 0 Å². The molecule has 1 unspecified atom stereocenters. The lowest BCUT2D eigenvalue weighted by atomic mass is 10.0. The summed E-state index contributed by atoms with van der Waals surface area (Å²) in [5.41, 5.74) is 2.11. The molecule has 3 heteroatoms. The van der Waals surface area contributed by atoms with Gasteiger partial charge in [-0.1, -0.05) is 24.3 Å². The molecule has 0 bridgehead atoms. The molecule has 0 aliphatic carbocycles. The highest BCUT2D eigenvalue weighted by Crippen LogP contribution is 2.16. The zero-order valence-electron chi connectivity index (χ0n) is 11.8. The van der Waals surface area contributed by atoms with E-state index in [0.29, 0.717) is 0 Å². The maximum atomic E-state index is 13.2. The third-order valence-electron chi connectivity index (χ3n) is 3.36. The summed E-state index contributed by atoms with van der Waals surface area (Å²) in [6.45, 7) is 4.13. The number of phenols is 1. The zero-order chi connectivity index (χ0) is 14.5. The second kappa shape index (κ2) is 6.53. The summed E-state index contributed by atoms with van der Waals surface area (Å²) in [7, 11) is 0. The van der Waals surface area contributed by atoms with Crippen LogP contribution in [-0.4, -0.2) is 11.1 Å². The van der Waals surface area contributed by atoms with Crippen LogP contribution in [0.3, 0.4) is 0 Å². The van der Waals surface area contributed by atoms with Gasteiger partial charge in [-0.05, 0) is 55.7 Å². The monoisotopic (exact) mass is 273 g/mol. The zero-order valence-corrected chi connectivity index (χ0v) is 11.8. The highest BCUT2D eigenvalue weighted by Gasteiger charge is 2.10. The van der Waals surface area contributed by atoms with Crippen LogP contribution in [-0.2, 0) is 6.42 Å². The molecule has 2 aromatic carbocycles. The molecule has 2 atom stereocenters. The molecule has 20 heavy (non-hydrogen) atoms. The highest BCUT2D eigenvalue weighted by molar-refractivity contribution is 5.26. The average Bonchev–Trinajstić information content (AvgIpc) is 2.41. The number of aromatic hydroxyl groups is 1. The Morgan fingerprint density at radius 1 is 1.10 bits per heavy atom. The molecular formula is C17H20FNO. The molecule has 0 heterocycles. The second-order valence-corrected chi connectivity index (χ2v) is 5.21. The Hall–Kier alpha value is -1.87. The van der Waals surface area contributed by atoms with Crippen molar-refractivity contribution in [2.45, 2.75) is 32.4 Å². The summed E-state index contributed by atoms with van der Waals surface area (Å²) in [6, 6.07) is 14.2. The summed E-state index contributed by atoms with van der Waals surface area (Å²) in [6.07, 6.45) is 0.861. The van der Waals surface area contributed by atoms with Crippen molar-refractivity contribution in [3.8, 4) is 5.75 Å². The predicted octanol–water partition coefficient (Wildman–Crippen LogP) is 3.81. The Kier molecular flexibility index (Phi) is 4.74. The Balaban J connectivity index is 1.93. The molecule has 0 fully saturated rings. The van der Waals surface area contributed by atoms with E-state index in [9.17, 15) is 9.50 Å². The first-order valence-electron chi connectivity index (χ1n) is 6.84. The molecule has 2 nitrogen and oxygen atoms in total. The van der Waals surface area contributed by atoms with Gasteiger partial charge in [0.2, 0.25) is 0 Å². The van der Waals surface area contributed by atoms with Crippen LogP contribution < -0.4 is 5.32 Å². The minimum atomic E-state index is -0.206. The van der Waals surface area contributed by atoms with Crippen molar-refractivity contribution >= 4 is 0 Å². The van der Waals surface area contributed by atoms with Gasteiger partial charge in [0, 0.05) is 12.1 Å². The predicted molar refractivity (Wildman–Crippen MR) is 79.2 cm³/mol. The fraction of sp³-hybridized carbons (Fsp3) is 0.294. The van der Waals surface area contributed by atoms with E-state index in [-0.39, 0.29) is 23.7 Å². The number of nitrogens with one attached hydrogen (secondary N) is 1. The van der Waals surface area contributed by atoms with Crippen molar-refractivity contribution < 1.29 is 9.50 Å². The van der Waals surface area contributed by atoms with Crippen LogP contribution in [0.2, 0.25) is 0 Å². The van der Waals surface area contributed by atoms with Gasteiger partial charge in [0.05, 0.1) is 0 Å². The number of benzene rings is 2. The smallest absolute Gasteiger partial charge is 0.123 e. The number of phenolic OH excluding ortho intramolecular Hbond substituents is 1. The lowest BCUT2D eigenvalue weighted by Gasteiger charge is -2.20. The van der Waals surface area contributed by atoms with Gasteiger partial charge in [-0.15, -0.1) is 0 Å². The van der Waals surface area contributed by atoms with Gasteiger partial charge < -0.3 is 10.4 Å². The van der Waals surface area contributed by atoms with Gasteiger partial charge in [0.25, 0.3) is 0 Å². The third-order valence-corrected chi connectivity index (χ3v) is 3.36. The summed E-state index contributed by atoms with van der Waals surface area (Å²) in [5, 5.41) is 12.7. The molecule has 2 aromatic rings. The first kappa shape index (κ1) is 14.5. The van der Waals surface area contributed by atoms with Gasteiger partial charge in [0.1, 0.15) is 11.6 Å². The highest BCUT2D eigenvalue weighted by atomic mass is 19.1. The van der Waals surface area contributed by atoms with E-state index >= 15 is 0 Å². The van der Waals surface area contributed by atoms with E-state index in [1.54, 1.807) is 24.3 Å². The van der Waals surface area contributed by atoms with E-state index in [1.165, 1.54) is 6.07 Å². The lowest BCUT2D eigenvalue weighted by molar-refractivity contribution is 0.469. The maximum Gasteiger partial charge on any atom is 0.123 e. The van der Waals surface area contributed by atoms with E-state index in [4.69, 9.17) is 0 Å². The molecule has 2 rings (SSSR count). The SMILES string of the molecule is CC(Cc1ccc(O)cc1)N[C@H](C)c1cccc(F)c1. The number of rotatable bonds is 5. The summed E-state index contributed by atoms with van der Waals surface area (Å²) in [5.74, 6) is 0.0739. The summed E-state index contributed by atoms with van der Waals surface area (Å²) < 4.78 is 13.2. The lowest BCUT2D eigenvalue weighted by Crippen LogP contribution is -2.30. The molecule has 0 amide bonds. The molecule has 0 aromatic heterocycles. The third kappa shape index (κ3) is 4.07. The molecule has 0 spiro atoms. The van der Waals surface area contributed by atoms with Crippen LogP contribution >= 0.6 is 0 Å². The maximum absolute atomic E-state index is 13.2. The van der Waals surface area contributed by atoms with Crippen LogP contribution in [0.5, 0.6) is 5.75 Å². The van der Waals surface area contributed by atoms with E-state index in [1.807, 2.05) is 25.1 Å². The molecule has 2 N–H and O–H groups in total. The average molecular weight is 273 g/mol. The number of halogens is 1. The first-order valence-corrected chi connectivity index (χ1v) is 6.84. The summed E-state index contributed by atoms with van der Waals surface area (Å²) in [4.78, 5) is 0. The Bertz CT molecular complexity index is 553. The molecule has 106 valence electrons. The van der Waals surface area contributed by atoms with Crippen LogP contribution in [0.4, 0.5) is 4.39 Å². The molecule has 0 saturated carbocycles. The normalized spacial score (nSPS) is 13.9. The minimum absolute atomic E-state index is 0.0952. The largest absolute Gasteiger partial charge is 0.508 e. The molecule has 0 radical (unpaired) electrons. The van der Waals surface area contributed by atoms with E-state index < -0.39 is 0 Å². The van der Waals surface area contributed by atoms with Gasteiger partial charge in [-0.3, -0.25) is 0 Å². The number of hydrogen-bond donors (Lipinski definition) is 2. The molecule has 0 saturated heterocycles. The van der Waals surface area contributed by atoms with Crippen LogP contribution in [0, 0.1) is 5.82 Å². The molecule has 0 aliphatic rings.